The fourth-order valence-corrected chi connectivity index (χ4v) is 17.7. The molecule has 274 valence electrons. The molecule has 1 atom stereocenters. The van der Waals surface area contributed by atoms with Crippen LogP contribution in [-0.4, -0.2) is 3.21 Å². The molecule has 2 aliphatic carbocycles. The minimum absolute atomic E-state index is 0. The third-order valence-corrected chi connectivity index (χ3v) is 19.6. The van der Waals surface area contributed by atoms with Gasteiger partial charge in [-0.1, -0.05) is 0 Å². The molecule has 0 fully saturated rings. The number of unbranched alkanes of at least 4 members (excludes halogenated alkanes) is 1. The molecule has 0 aliphatic heterocycles. The van der Waals surface area contributed by atoms with E-state index in [0.717, 1.165) is 10.0 Å². The van der Waals surface area contributed by atoms with Crippen LogP contribution in [0.4, 0.5) is 0 Å². The van der Waals surface area contributed by atoms with Gasteiger partial charge in [-0.3, -0.25) is 0 Å². The van der Waals surface area contributed by atoms with Crippen LogP contribution in [0.25, 0.3) is 11.1 Å². The average molecular weight is 852 g/mol. The summed E-state index contributed by atoms with van der Waals surface area (Å²) >= 11 is 10.7. The van der Waals surface area contributed by atoms with E-state index in [1.807, 2.05) is 12.1 Å². The zero-order chi connectivity index (χ0) is 36.2. The molecule has 2 aliphatic rings. The summed E-state index contributed by atoms with van der Waals surface area (Å²) in [4.78, 5) is 0. The van der Waals surface area contributed by atoms with Gasteiger partial charge in [-0.15, -0.1) is 0 Å². The molecule has 0 radical (unpaired) electrons. The van der Waals surface area contributed by atoms with Crippen LogP contribution in [0.1, 0.15) is 126 Å². The summed E-state index contributed by atoms with van der Waals surface area (Å²) in [6.45, 7) is 23.5. The Labute approximate surface area is 344 Å². The second-order valence-corrected chi connectivity index (χ2v) is 24.5. The quantitative estimate of drug-likeness (QED) is 0.176. The number of hydrogen-bond acceptors (Lipinski definition) is 0. The third kappa shape index (κ3) is 8.87. The summed E-state index contributed by atoms with van der Waals surface area (Å²) in [6, 6.07) is 32.1. The molecule has 0 bridgehead atoms. The SMILES string of the molecule is CCCCC1C=C(C(C)(C)C)C=[C]1[Zr+2](=[C](c1cccc(Cl)c1)c1cccc(Cl)c1)[CH]1c2cc(C(C)(C)C)ccc2-c2ccc(C(C)(C)C)cc21.[Cl-].[Cl-]. The van der Waals surface area contributed by atoms with Gasteiger partial charge < -0.3 is 24.8 Å². The first-order valence-corrected chi connectivity index (χ1v) is 23.1. The number of halogens is 4. The number of benzene rings is 4. The molecule has 1 unspecified atom stereocenters. The van der Waals surface area contributed by atoms with Crippen molar-refractivity contribution in [1.82, 2.24) is 0 Å². The van der Waals surface area contributed by atoms with Gasteiger partial charge in [0, 0.05) is 0 Å². The van der Waals surface area contributed by atoms with Crippen molar-refractivity contribution in [2.24, 2.45) is 11.3 Å². The molecule has 4 aromatic carbocycles. The maximum atomic E-state index is 6.87. The molecular formula is C47H54Cl4Zr. The molecule has 0 heterocycles. The van der Waals surface area contributed by atoms with E-state index < -0.39 is 21.3 Å². The van der Waals surface area contributed by atoms with Crippen LogP contribution in [0.2, 0.25) is 10.0 Å². The maximum Gasteiger partial charge on any atom is -1.00 e. The van der Waals surface area contributed by atoms with E-state index in [4.69, 9.17) is 23.2 Å². The van der Waals surface area contributed by atoms with E-state index in [2.05, 4.69) is 154 Å². The summed E-state index contributed by atoms with van der Waals surface area (Å²) in [5.74, 6) is 0.427. The molecule has 52 heavy (non-hydrogen) atoms. The van der Waals surface area contributed by atoms with Crippen molar-refractivity contribution in [3.63, 3.8) is 0 Å². The van der Waals surface area contributed by atoms with Gasteiger partial charge in [-0.2, -0.15) is 0 Å². The van der Waals surface area contributed by atoms with E-state index in [1.165, 1.54) is 72.5 Å². The van der Waals surface area contributed by atoms with Crippen molar-refractivity contribution in [2.45, 2.75) is 103 Å². The molecule has 5 heteroatoms. The second kappa shape index (κ2) is 16.6. The normalized spacial score (nSPS) is 15.4. The van der Waals surface area contributed by atoms with Crippen molar-refractivity contribution < 1.29 is 46.1 Å². The molecule has 0 N–H and O–H groups in total. The van der Waals surface area contributed by atoms with Gasteiger partial charge in [0.25, 0.3) is 0 Å². The van der Waals surface area contributed by atoms with Gasteiger partial charge in [-0.25, -0.2) is 0 Å². The standard InChI is InChI=1S/C21H25.C13H8Cl2.C13H21.2ClH.Zr/c1-20(2,3)16-7-9-18-14(12-16)11-15-13-17(21(4,5)6)8-10-19(15)18;14-12-5-1-3-10(8-12)7-11-4-2-6-13(15)9-11;1-5-6-7-11-8-9-12(10-11)13(2,3)4;;;/h7-13H,1-6H3;1-6,8-9H;9-11H,5-7H2,1-4H3;2*1H;/q;;;;;+2/p-2. The van der Waals surface area contributed by atoms with Gasteiger partial charge in [0.15, 0.2) is 0 Å². The minimum Gasteiger partial charge on any atom is -1.00 e. The third-order valence-electron chi connectivity index (χ3n) is 10.7. The Balaban J connectivity index is 0.00000302. The Kier molecular flexibility index (Phi) is 13.7. The Morgan fingerprint density at radius 2 is 1.12 bits per heavy atom. The molecule has 0 saturated carbocycles. The first-order valence-electron chi connectivity index (χ1n) is 18.5. The van der Waals surface area contributed by atoms with E-state index in [-0.39, 0.29) is 41.1 Å². The average Bonchev–Trinajstić information content (AvgIpc) is 3.61. The number of rotatable bonds is 7. The predicted molar refractivity (Wildman–Crippen MR) is 216 cm³/mol. The van der Waals surface area contributed by atoms with Gasteiger partial charge >= 0.3 is 322 Å². The fraction of sp³-hybridized carbons (Fsp3) is 0.383. The Morgan fingerprint density at radius 3 is 1.52 bits per heavy atom. The monoisotopic (exact) mass is 848 g/mol. The van der Waals surface area contributed by atoms with Crippen molar-refractivity contribution >= 4 is 26.4 Å². The van der Waals surface area contributed by atoms with Crippen LogP contribution in [0.15, 0.2) is 106 Å². The van der Waals surface area contributed by atoms with Crippen molar-refractivity contribution in [3.05, 3.63) is 149 Å². The largest absolute Gasteiger partial charge is 1.00 e. The van der Waals surface area contributed by atoms with Crippen LogP contribution in [0.5, 0.6) is 0 Å². The van der Waals surface area contributed by atoms with E-state index in [1.54, 1.807) is 3.28 Å². The first-order chi connectivity index (χ1) is 23.5. The summed E-state index contributed by atoms with van der Waals surface area (Å²) in [6.07, 6.45) is 8.91. The van der Waals surface area contributed by atoms with Gasteiger partial charge in [0.1, 0.15) is 0 Å². The Bertz CT molecular complexity index is 1920. The van der Waals surface area contributed by atoms with Crippen molar-refractivity contribution in [2.75, 3.05) is 0 Å². The molecule has 6 rings (SSSR count). The second-order valence-electron chi connectivity index (χ2n) is 17.6. The molecule has 4 aromatic rings. The Morgan fingerprint density at radius 1 is 0.635 bits per heavy atom. The summed E-state index contributed by atoms with van der Waals surface area (Å²) in [7, 11) is 0. The molecular weight excluding hydrogens is 798 g/mol. The van der Waals surface area contributed by atoms with E-state index in [0.29, 0.717) is 9.54 Å². The summed E-state index contributed by atoms with van der Waals surface area (Å²) < 4.78 is 3.48. The zero-order valence-electron chi connectivity index (χ0n) is 32.5. The minimum atomic E-state index is -3.09. The number of hydrogen-bond donors (Lipinski definition) is 0. The number of fused-ring (bicyclic) bond motifs is 3. The fourth-order valence-electron chi connectivity index (χ4n) is 7.76. The first kappa shape index (κ1) is 43.0. The van der Waals surface area contributed by atoms with E-state index >= 15 is 0 Å². The smallest absolute Gasteiger partial charge is 1.00 e. The molecule has 0 amide bonds. The van der Waals surface area contributed by atoms with Crippen LogP contribution in [-0.2, 0) is 32.1 Å². The van der Waals surface area contributed by atoms with Crippen molar-refractivity contribution in [1.29, 1.82) is 0 Å². The zero-order valence-corrected chi connectivity index (χ0v) is 38.0. The molecule has 0 aromatic heterocycles. The predicted octanol–water partition coefficient (Wildman–Crippen LogP) is 8.23. The molecule has 0 nitrogen and oxygen atoms in total. The molecule has 0 spiro atoms. The summed E-state index contributed by atoms with van der Waals surface area (Å²) in [5.41, 5.74) is 12.7. The topological polar surface area (TPSA) is 0 Å². The van der Waals surface area contributed by atoms with Crippen LogP contribution < -0.4 is 24.8 Å². The Hall–Kier alpha value is -1.73. The van der Waals surface area contributed by atoms with Crippen molar-refractivity contribution in [3.8, 4) is 11.1 Å². The maximum absolute atomic E-state index is 6.87. The van der Waals surface area contributed by atoms with Crippen LogP contribution >= 0.6 is 23.2 Å². The van der Waals surface area contributed by atoms with Crippen LogP contribution in [0.3, 0.4) is 0 Å². The molecule has 0 saturated heterocycles. The number of allylic oxidation sites excluding steroid dienone is 4. The summed E-state index contributed by atoms with van der Waals surface area (Å²) in [5, 5.41) is 1.55. The van der Waals surface area contributed by atoms with Crippen LogP contribution in [0, 0.1) is 11.3 Å². The van der Waals surface area contributed by atoms with E-state index in [9.17, 15) is 0 Å². The van der Waals surface area contributed by atoms with Gasteiger partial charge in [0.05, 0.1) is 0 Å². The van der Waals surface area contributed by atoms with Gasteiger partial charge in [-0.05, 0) is 0 Å². The van der Waals surface area contributed by atoms with Gasteiger partial charge in [0.2, 0.25) is 0 Å².